The normalized spacial score (nSPS) is 20.2. The molecule has 1 rings (SSSR count). The van der Waals surface area contributed by atoms with E-state index in [0.717, 1.165) is 30.9 Å². The molecule has 0 radical (unpaired) electrons. The Morgan fingerprint density at radius 2 is 1.95 bits per heavy atom. The van der Waals surface area contributed by atoms with E-state index in [1.807, 2.05) is 7.05 Å². The first kappa shape index (κ1) is 21.0. The molecule has 4 nitrogen and oxygen atoms in total. The molecule has 0 aromatic rings. The molecule has 126 valence electrons. The number of rotatable bonds is 7. The Labute approximate surface area is 148 Å². The predicted octanol–water partition coefficient (Wildman–Crippen LogP) is 2.94. The maximum atomic E-state index is 4.33. The zero-order valence-electron chi connectivity index (χ0n) is 14.3. The number of piperidine rings is 1. The third-order valence-electron chi connectivity index (χ3n) is 4.54. The minimum atomic E-state index is 0. The first-order valence-electron chi connectivity index (χ1n) is 8.40. The lowest BCUT2D eigenvalue weighted by molar-refractivity contribution is 0.183. The Balaban J connectivity index is 0.00000400. The summed E-state index contributed by atoms with van der Waals surface area (Å²) in [6.45, 7) is 12.5. The summed E-state index contributed by atoms with van der Waals surface area (Å²) in [4.78, 5) is 6.88. The van der Waals surface area contributed by atoms with Crippen LogP contribution in [-0.2, 0) is 0 Å². The van der Waals surface area contributed by atoms with Crippen molar-refractivity contribution in [2.24, 2.45) is 16.8 Å². The third-order valence-corrected chi connectivity index (χ3v) is 4.54. The molecule has 0 aromatic heterocycles. The number of halogens is 1. The molecule has 1 aliphatic heterocycles. The van der Waals surface area contributed by atoms with Crippen molar-refractivity contribution in [2.45, 2.75) is 46.5 Å². The molecule has 0 bridgehead atoms. The summed E-state index contributed by atoms with van der Waals surface area (Å²) < 4.78 is 0. The van der Waals surface area contributed by atoms with Gasteiger partial charge in [0, 0.05) is 26.7 Å². The van der Waals surface area contributed by atoms with Crippen molar-refractivity contribution in [1.82, 2.24) is 15.5 Å². The second-order valence-electron chi connectivity index (χ2n) is 5.92. The van der Waals surface area contributed by atoms with Gasteiger partial charge in [-0.2, -0.15) is 0 Å². The van der Waals surface area contributed by atoms with Crippen molar-refractivity contribution in [3.8, 4) is 0 Å². The molecule has 1 unspecified atom stereocenters. The Morgan fingerprint density at radius 3 is 2.52 bits per heavy atom. The van der Waals surface area contributed by atoms with Gasteiger partial charge in [-0.05, 0) is 37.8 Å². The van der Waals surface area contributed by atoms with Crippen molar-refractivity contribution in [3.05, 3.63) is 0 Å². The third kappa shape index (κ3) is 8.24. The molecule has 1 fully saturated rings. The van der Waals surface area contributed by atoms with Crippen LogP contribution in [0.4, 0.5) is 0 Å². The second kappa shape index (κ2) is 12.5. The van der Waals surface area contributed by atoms with Crippen LogP contribution in [0.2, 0.25) is 0 Å². The summed E-state index contributed by atoms with van der Waals surface area (Å²) in [6, 6.07) is 0. The van der Waals surface area contributed by atoms with E-state index in [4.69, 9.17) is 0 Å². The van der Waals surface area contributed by atoms with E-state index in [9.17, 15) is 0 Å². The first-order valence-corrected chi connectivity index (χ1v) is 8.40. The summed E-state index contributed by atoms with van der Waals surface area (Å²) in [6.07, 6.45) is 5.14. The molecule has 0 aromatic carbocycles. The van der Waals surface area contributed by atoms with Crippen molar-refractivity contribution >= 4 is 29.9 Å². The van der Waals surface area contributed by atoms with Gasteiger partial charge in [0.2, 0.25) is 0 Å². The van der Waals surface area contributed by atoms with Crippen LogP contribution in [-0.4, -0.2) is 50.6 Å². The molecular formula is C16H35IN4. The van der Waals surface area contributed by atoms with Gasteiger partial charge in [-0.15, -0.1) is 24.0 Å². The maximum Gasteiger partial charge on any atom is 0.190 e. The van der Waals surface area contributed by atoms with Gasteiger partial charge in [0.15, 0.2) is 5.96 Å². The van der Waals surface area contributed by atoms with Crippen LogP contribution < -0.4 is 10.6 Å². The van der Waals surface area contributed by atoms with Gasteiger partial charge in [0.25, 0.3) is 0 Å². The summed E-state index contributed by atoms with van der Waals surface area (Å²) in [5, 5.41) is 6.96. The summed E-state index contributed by atoms with van der Waals surface area (Å²) in [7, 11) is 1.86. The highest BCUT2D eigenvalue weighted by atomic mass is 127. The minimum Gasteiger partial charge on any atom is -0.356 e. The van der Waals surface area contributed by atoms with Crippen molar-refractivity contribution in [3.63, 3.8) is 0 Å². The highest BCUT2D eigenvalue weighted by Crippen LogP contribution is 2.15. The molecule has 1 saturated heterocycles. The fourth-order valence-corrected chi connectivity index (χ4v) is 2.89. The fourth-order valence-electron chi connectivity index (χ4n) is 2.89. The Bertz CT molecular complexity index is 279. The topological polar surface area (TPSA) is 39.7 Å². The summed E-state index contributed by atoms with van der Waals surface area (Å²) in [5.41, 5.74) is 0. The van der Waals surface area contributed by atoms with Crippen molar-refractivity contribution in [1.29, 1.82) is 0 Å². The van der Waals surface area contributed by atoms with Crippen molar-refractivity contribution < 1.29 is 0 Å². The molecular weight excluding hydrogens is 375 g/mol. The average Bonchev–Trinajstić information content (AvgIpc) is 2.51. The molecule has 0 amide bonds. The predicted molar refractivity (Wildman–Crippen MR) is 104 cm³/mol. The zero-order valence-corrected chi connectivity index (χ0v) is 16.7. The molecule has 1 aliphatic rings. The number of nitrogens with one attached hydrogen (secondary N) is 2. The average molecular weight is 410 g/mol. The van der Waals surface area contributed by atoms with Gasteiger partial charge in [-0.1, -0.05) is 33.6 Å². The van der Waals surface area contributed by atoms with E-state index in [0.29, 0.717) is 0 Å². The lowest BCUT2D eigenvalue weighted by Crippen LogP contribution is -2.45. The Morgan fingerprint density at radius 1 is 1.24 bits per heavy atom. The van der Waals surface area contributed by atoms with Gasteiger partial charge in [0.1, 0.15) is 0 Å². The van der Waals surface area contributed by atoms with Gasteiger partial charge >= 0.3 is 0 Å². The molecule has 1 heterocycles. The Hall–Kier alpha value is -0.0400. The van der Waals surface area contributed by atoms with Gasteiger partial charge in [-0.25, -0.2) is 0 Å². The van der Waals surface area contributed by atoms with E-state index >= 15 is 0 Å². The van der Waals surface area contributed by atoms with E-state index in [1.165, 1.54) is 45.3 Å². The molecule has 21 heavy (non-hydrogen) atoms. The molecule has 2 N–H and O–H groups in total. The molecule has 1 atom stereocenters. The summed E-state index contributed by atoms with van der Waals surface area (Å²) in [5.74, 6) is 2.47. The van der Waals surface area contributed by atoms with E-state index in [1.54, 1.807) is 0 Å². The van der Waals surface area contributed by atoms with Gasteiger partial charge in [0.05, 0.1) is 0 Å². The van der Waals surface area contributed by atoms with Crippen LogP contribution in [0.15, 0.2) is 4.99 Å². The number of aliphatic imine (C=N–C) groups is 1. The first-order chi connectivity index (χ1) is 9.73. The fraction of sp³-hybridized carbons (Fsp3) is 0.938. The number of likely N-dealkylation sites (tertiary alicyclic amines) is 1. The van der Waals surface area contributed by atoms with E-state index in [2.05, 4.69) is 41.3 Å². The number of guanidine groups is 1. The monoisotopic (exact) mass is 410 g/mol. The zero-order chi connectivity index (χ0) is 14.8. The standard InChI is InChI=1S/C16H34N4.HI/c1-5-14(6-2)11-18-16(17-4)19-12-15-9-8-10-20(7-3)13-15;/h14-15H,5-13H2,1-4H3,(H2,17,18,19);1H. The Kier molecular flexibility index (Phi) is 12.5. The van der Waals surface area contributed by atoms with Crippen LogP contribution in [0.1, 0.15) is 46.5 Å². The van der Waals surface area contributed by atoms with Gasteiger partial charge < -0.3 is 15.5 Å². The molecule has 0 saturated carbocycles. The summed E-state index contributed by atoms with van der Waals surface area (Å²) >= 11 is 0. The molecule has 5 heteroatoms. The maximum absolute atomic E-state index is 4.33. The SMILES string of the molecule is CCC(CC)CNC(=NC)NCC1CCCN(CC)C1.I. The lowest BCUT2D eigenvalue weighted by atomic mass is 9.98. The van der Waals surface area contributed by atoms with Gasteiger partial charge in [-0.3, -0.25) is 4.99 Å². The van der Waals surface area contributed by atoms with E-state index < -0.39 is 0 Å². The van der Waals surface area contributed by atoms with Crippen LogP contribution in [0.5, 0.6) is 0 Å². The second-order valence-corrected chi connectivity index (χ2v) is 5.92. The number of hydrogen-bond acceptors (Lipinski definition) is 2. The van der Waals surface area contributed by atoms with E-state index in [-0.39, 0.29) is 24.0 Å². The number of nitrogens with zero attached hydrogens (tertiary/aromatic N) is 2. The molecule has 0 spiro atoms. The largest absolute Gasteiger partial charge is 0.356 e. The number of hydrogen-bond donors (Lipinski definition) is 2. The van der Waals surface area contributed by atoms with Crippen LogP contribution in [0.3, 0.4) is 0 Å². The molecule has 0 aliphatic carbocycles. The highest BCUT2D eigenvalue weighted by molar-refractivity contribution is 14.0. The highest BCUT2D eigenvalue weighted by Gasteiger charge is 2.18. The lowest BCUT2D eigenvalue weighted by Gasteiger charge is -2.32. The van der Waals surface area contributed by atoms with Crippen LogP contribution >= 0.6 is 24.0 Å². The smallest absolute Gasteiger partial charge is 0.190 e. The quantitative estimate of drug-likeness (QED) is 0.385. The van der Waals surface area contributed by atoms with Crippen molar-refractivity contribution in [2.75, 3.05) is 39.8 Å². The van der Waals surface area contributed by atoms with Crippen LogP contribution in [0.25, 0.3) is 0 Å². The van der Waals surface area contributed by atoms with Crippen LogP contribution in [0, 0.1) is 11.8 Å². The minimum absolute atomic E-state index is 0.